The zero-order valence-electron chi connectivity index (χ0n) is 13.9. The molecule has 1 unspecified atom stereocenters. The van der Waals surface area contributed by atoms with Crippen molar-refractivity contribution < 1.29 is 17.6 Å². The van der Waals surface area contributed by atoms with E-state index in [-0.39, 0.29) is 23.2 Å². The summed E-state index contributed by atoms with van der Waals surface area (Å²) >= 11 is 0. The van der Waals surface area contributed by atoms with Crippen molar-refractivity contribution in [3.05, 3.63) is 29.6 Å². The molecule has 0 saturated heterocycles. The highest BCUT2D eigenvalue weighted by molar-refractivity contribution is 7.90. The molecule has 2 atom stereocenters. The van der Waals surface area contributed by atoms with E-state index in [9.17, 15) is 17.6 Å². The number of halogens is 2. The number of sulfone groups is 1. The van der Waals surface area contributed by atoms with Gasteiger partial charge in [0.25, 0.3) is 0 Å². The van der Waals surface area contributed by atoms with E-state index in [4.69, 9.17) is 5.73 Å². The molecular formula is C15H24ClFN2O3S. The monoisotopic (exact) mass is 366 g/mol. The molecule has 1 rings (SSSR count). The maximum absolute atomic E-state index is 13.9. The van der Waals surface area contributed by atoms with Gasteiger partial charge >= 0.3 is 0 Å². The average Bonchev–Trinajstić information content (AvgIpc) is 2.34. The van der Waals surface area contributed by atoms with Crippen LogP contribution in [0.4, 0.5) is 4.39 Å². The minimum atomic E-state index is -3.61. The van der Waals surface area contributed by atoms with Gasteiger partial charge in [-0.15, -0.1) is 12.4 Å². The van der Waals surface area contributed by atoms with E-state index in [0.717, 1.165) is 12.3 Å². The van der Waals surface area contributed by atoms with Gasteiger partial charge in [0.1, 0.15) is 10.7 Å². The summed E-state index contributed by atoms with van der Waals surface area (Å²) in [4.78, 5) is 11.7. The first-order valence-electron chi connectivity index (χ1n) is 6.89. The molecule has 132 valence electrons. The van der Waals surface area contributed by atoms with Crippen LogP contribution in [0.3, 0.4) is 0 Å². The smallest absolute Gasteiger partial charge is 0.237 e. The van der Waals surface area contributed by atoms with Crippen molar-refractivity contribution >= 4 is 28.2 Å². The van der Waals surface area contributed by atoms with E-state index in [0.29, 0.717) is 5.56 Å². The van der Waals surface area contributed by atoms with Gasteiger partial charge in [-0.3, -0.25) is 4.79 Å². The molecule has 0 aromatic heterocycles. The number of hydrogen-bond donors (Lipinski definition) is 2. The largest absolute Gasteiger partial charge is 0.348 e. The van der Waals surface area contributed by atoms with Crippen LogP contribution in [-0.4, -0.2) is 26.6 Å². The standard InChI is InChI=1S/C15H23FN2O3S.ClH/c1-9(18-14(19)13(17)15(2,3)4)10-6-7-12(11(16)8-10)22(5,20)21;/h6-9,13H,17H2,1-5H3,(H,18,19);1H/t9?,13-;/m1./s1. The number of nitrogens with two attached hydrogens (primary N) is 1. The van der Waals surface area contributed by atoms with Crippen molar-refractivity contribution in [1.29, 1.82) is 0 Å². The molecule has 0 radical (unpaired) electrons. The molecule has 23 heavy (non-hydrogen) atoms. The average molecular weight is 367 g/mol. The number of nitrogens with one attached hydrogen (secondary N) is 1. The van der Waals surface area contributed by atoms with Gasteiger partial charge in [0.2, 0.25) is 5.91 Å². The molecule has 0 aliphatic carbocycles. The minimum absolute atomic E-state index is 0. The van der Waals surface area contributed by atoms with E-state index < -0.39 is 33.2 Å². The maximum Gasteiger partial charge on any atom is 0.237 e. The number of hydrogen-bond acceptors (Lipinski definition) is 4. The Bertz CT molecular complexity index is 672. The fourth-order valence-electron chi connectivity index (χ4n) is 1.87. The number of carbonyl (C=O) groups is 1. The minimum Gasteiger partial charge on any atom is -0.348 e. The van der Waals surface area contributed by atoms with Gasteiger partial charge in [0.05, 0.1) is 12.1 Å². The van der Waals surface area contributed by atoms with Crippen LogP contribution >= 0.6 is 12.4 Å². The summed E-state index contributed by atoms with van der Waals surface area (Å²) in [6, 6.07) is 2.61. The van der Waals surface area contributed by atoms with Crippen molar-refractivity contribution in [2.24, 2.45) is 11.1 Å². The predicted molar refractivity (Wildman–Crippen MR) is 90.7 cm³/mol. The maximum atomic E-state index is 13.9. The molecule has 0 fully saturated rings. The van der Waals surface area contributed by atoms with Crippen LogP contribution in [0.1, 0.15) is 39.3 Å². The molecular weight excluding hydrogens is 343 g/mol. The van der Waals surface area contributed by atoms with E-state index in [1.807, 2.05) is 20.8 Å². The highest BCUT2D eigenvalue weighted by Crippen LogP contribution is 2.22. The van der Waals surface area contributed by atoms with E-state index in [2.05, 4.69) is 5.32 Å². The topological polar surface area (TPSA) is 89.3 Å². The Balaban J connectivity index is 0.00000484. The second-order valence-corrected chi connectivity index (χ2v) is 8.52. The van der Waals surface area contributed by atoms with Crippen LogP contribution in [0.15, 0.2) is 23.1 Å². The molecule has 0 spiro atoms. The quantitative estimate of drug-likeness (QED) is 0.854. The van der Waals surface area contributed by atoms with Gasteiger partial charge < -0.3 is 11.1 Å². The van der Waals surface area contributed by atoms with Gasteiger partial charge in [-0.05, 0) is 30.0 Å². The van der Waals surface area contributed by atoms with Crippen LogP contribution in [-0.2, 0) is 14.6 Å². The molecule has 0 heterocycles. The van der Waals surface area contributed by atoms with Crippen molar-refractivity contribution in [3.8, 4) is 0 Å². The third-order valence-corrected chi connectivity index (χ3v) is 4.56. The van der Waals surface area contributed by atoms with Gasteiger partial charge in [-0.25, -0.2) is 12.8 Å². The van der Waals surface area contributed by atoms with Crippen LogP contribution in [0, 0.1) is 11.2 Å². The predicted octanol–water partition coefficient (Wildman–Crippen LogP) is 2.20. The summed E-state index contributed by atoms with van der Waals surface area (Å²) in [5.74, 6) is -1.17. The molecule has 1 aromatic carbocycles. The van der Waals surface area contributed by atoms with Crippen molar-refractivity contribution in [3.63, 3.8) is 0 Å². The fourth-order valence-corrected chi connectivity index (χ4v) is 2.60. The van der Waals surface area contributed by atoms with E-state index >= 15 is 0 Å². The molecule has 0 saturated carbocycles. The lowest BCUT2D eigenvalue weighted by Gasteiger charge is -2.27. The Hall–Kier alpha value is -1.18. The lowest BCUT2D eigenvalue weighted by Crippen LogP contribution is -2.49. The van der Waals surface area contributed by atoms with E-state index in [1.54, 1.807) is 6.92 Å². The Labute approximate surface area is 143 Å². The number of amides is 1. The van der Waals surface area contributed by atoms with Crippen LogP contribution in [0.2, 0.25) is 0 Å². The summed E-state index contributed by atoms with van der Waals surface area (Å²) in [6.45, 7) is 7.23. The summed E-state index contributed by atoms with van der Waals surface area (Å²) in [5, 5.41) is 2.71. The molecule has 1 amide bonds. The van der Waals surface area contributed by atoms with Gasteiger partial charge in [0.15, 0.2) is 9.84 Å². The molecule has 3 N–H and O–H groups in total. The second kappa shape index (κ2) is 7.59. The Morgan fingerprint density at radius 2 is 1.83 bits per heavy atom. The zero-order chi connectivity index (χ0) is 17.3. The van der Waals surface area contributed by atoms with Crippen molar-refractivity contribution in [2.45, 2.75) is 44.7 Å². The Morgan fingerprint density at radius 3 is 2.22 bits per heavy atom. The van der Waals surface area contributed by atoms with Crippen LogP contribution in [0.25, 0.3) is 0 Å². The normalized spacial score (nSPS) is 14.6. The fraction of sp³-hybridized carbons (Fsp3) is 0.533. The highest BCUT2D eigenvalue weighted by Gasteiger charge is 2.28. The first-order valence-corrected chi connectivity index (χ1v) is 8.78. The number of rotatable bonds is 4. The molecule has 1 aromatic rings. The highest BCUT2D eigenvalue weighted by atomic mass is 35.5. The lowest BCUT2D eigenvalue weighted by molar-refractivity contribution is -0.125. The van der Waals surface area contributed by atoms with Gasteiger partial charge in [0, 0.05) is 6.26 Å². The van der Waals surface area contributed by atoms with Crippen molar-refractivity contribution in [2.75, 3.05) is 6.26 Å². The van der Waals surface area contributed by atoms with Gasteiger partial charge in [-0.2, -0.15) is 0 Å². The molecule has 0 aliphatic rings. The number of carbonyl (C=O) groups excluding carboxylic acids is 1. The first kappa shape index (κ1) is 21.8. The third-order valence-electron chi connectivity index (χ3n) is 3.43. The summed E-state index contributed by atoms with van der Waals surface area (Å²) in [7, 11) is -3.61. The summed E-state index contributed by atoms with van der Waals surface area (Å²) in [5.41, 5.74) is 5.94. The Kier molecular flexibility index (Phi) is 7.20. The molecule has 8 heteroatoms. The van der Waals surface area contributed by atoms with Crippen molar-refractivity contribution in [1.82, 2.24) is 5.32 Å². The molecule has 0 aliphatic heterocycles. The van der Waals surface area contributed by atoms with Crippen LogP contribution < -0.4 is 11.1 Å². The lowest BCUT2D eigenvalue weighted by atomic mass is 9.86. The van der Waals surface area contributed by atoms with Crippen LogP contribution in [0.5, 0.6) is 0 Å². The number of benzene rings is 1. The SMILES string of the molecule is CC(NC(=O)[C@@H](N)C(C)(C)C)c1ccc(S(C)(=O)=O)c(F)c1.Cl. The first-order chi connectivity index (χ1) is 9.84. The molecule has 5 nitrogen and oxygen atoms in total. The second-order valence-electron chi connectivity index (χ2n) is 6.54. The summed E-state index contributed by atoms with van der Waals surface area (Å²) in [6.07, 6.45) is 0.943. The third kappa shape index (κ3) is 5.75. The van der Waals surface area contributed by atoms with E-state index in [1.165, 1.54) is 12.1 Å². The van der Waals surface area contributed by atoms with Gasteiger partial charge in [-0.1, -0.05) is 26.8 Å². The zero-order valence-corrected chi connectivity index (χ0v) is 15.5. The Morgan fingerprint density at radius 1 is 1.30 bits per heavy atom. The molecule has 0 bridgehead atoms. The summed E-state index contributed by atoms with van der Waals surface area (Å²) < 4.78 is 36.6.